The molecule has 23 heavy (non-hydrogen) atoms. The maximum Gasteiger partial charge on any atom is 0.193 e. The zero-order chi connectivity index (χ0) is 16.2. The lowest BCUT2D eigenvalue weighted by Crippen LogP contribution is -2.11. The first-order chi connectivity index (χ1) is 11.1. The number of hydrogen-bond donors (Lipinski definition) is 1. The highest BCUT2D eigenvalue weighted by molar-refractivity contribution is 6.10. The Labute approximate surface area is 132 Å². The zero-order valence-electron chi connectivity index (χ0n) is 12.2. The first-order valence-corrected chi connectivity index (χ1v) is 7.07. The van der Waals surface area contributed by atoms with Gasteiger partial charge in [-0.05, 0) is 18.2 Å². The molecule has 1 N–H and O–H groups in total. The molecule has 0 aliphatic rings. The standard InChI is InChI=1S/C18H14N2O3/c21-16-7-6-14(18(23)13-4-2-1-3-5-13)10-15(16)17(22)11-20-9-8-19-12-20/h1-10,12,21H,11H2. The van der Waals surface area contributed by atoms with E-state index in [0.29, 0.717) is 11.1 Å². The van der Waals surface area contributed by atoms with Gasteiger partial charge in [0, 0.05) is 23.5 Å². The van der Waals surface area contributed by atoms with Crippen LogP contribution >= 0.6 is 0 Å². The number of phenols is 1. The molecule has 0 saturated carbocycles. The first-order valence-electron chi connectivity index (χ1n) is 7.07. The third-order valence-corrected chi connectivity index (χ3v) is 3.48. The van der Waals surface area contributed by atoms with Crippen LogP contribution in [0.25, 0.3) is 0 Å². The Kier molecular flexibility index (Phi) is 4.01. The lowest BCUT2D eigenvalue weighted by atomic mass is 9.99. The Balaban J connectivity index is 1.90. The van der Waals surface area contributed by atoms with Gasteiger partial charge in [-0.15, -0.1) is 0 Å². The second-order valence-corrected chi connectivity index (χ2v) is 5.09. The van der Waals surface area contributed by atoms with E-state index in [9.17, 15) is 14.7 Å². The van der Waals surface area contributed by atoms with E-state index in [1.54, 1.807) is 41.2 Å². The van der Waals surface area contributed by atoms with E-state index >= 15 is 0 Å². The average molecular weight is 306 g/mol. The lowest BCUT2D eigenvalue weighted by molar-refractivity contribution is 0.0969. The molecule has 5 nitrogen and oxygen atoms in total. The van der Waals surface area contributed by atoms with Gasteiger partial charge in [-0.1, -0.05) is 30.3 Å². The maximum absolute atomic E-state index is 12.4. The second-order valence-electron chi connectivity index (χ2n) is 5.09. The Morgan fingerprint density at radius 1 is 1.04 bits per heavy atom. The van der Waals surface area contributed by atoms with Crippen LogP contribution in [-0.2, 0) is 6.54 Å². The van der Waals surface area contributed by atoms with Crippen LogP contribution in [0.2, 0.25) is 0 Å². The summed E-state index contributed by atoms with van der Waals surface area (Å²) in [4.78, 5) is 28.6. The van der Waals surface area contributed by atoms with Gasteiger partial charge < -0.3 is 9.67 Å². The van der Waals surface area contributed by atoms with Gasteiger partial charge in [0.05, 0.1) is 18.4 Å². The Bertz CT molecular complexity index is 840. The van der Waals surface area contributed by atoms with Crippen molar-refractivity contribution in [2.75, 3.05) is 0 Å². The van der Waals surface area contributed by atoms with Crippen LogP contribution in [0.15, 0.2) is 67.3 Å². The zero-order valence-corrected chi connectivity index (χ0v) is 12.2. The summed E-state index contributed by atoms with van der Waals surface area (Å²) in [6.07, 6.45) is 4.75. The SMILES string of the molecule is O=C(c1ccccc1)c1ccc(O)c(C(=O)Cn2ccnc2)c1. The minimum Gasteiger partial charge on any atom is -0.507 e. The van der Waals surface area contributed by atoms with Crippen LogP contribution < -0.4 is 0 Å². The molecule has 0 radical (unpaired) electrons. The minimum atomic E-state index is -0.289. The molecule has 0 aliphatic carbocycles. The van der Waals surface area contributed by atoms with Gasteiger partial charge in [0.25, 0.3) is 0 Å². The Morgan fingerprint density at radius 2 is 1.83 bits per heavy atom. The monoisotopic (exact) mass is 306 g/mol. The van der Waals surface area contributed by atoms with Crippen LogP contribution in [0.1, 0.15) is 26.3 Å². The molecule has 0 bridgehead atoms. The summed E-state index contributed by atoms with van der Waals surface area (Å²) in [5.74, 6) is -0.620. The van der Waals surface area contributed by atoms with Gasteiger partial charge in [-0.2, -0.15) is 0 Å². The number of hydrogen-bond acceptors (Lipinski definition) is 4. The van der Waals surface area contributed by atoms with Gasteiger partial charge in [0.15, 0.2) is 11.6 Å². The number of aromatic nitrogens is 2. The highest BCUT2D eigenvalue weighted by Gasteiger charge is 2.16. The van der Waals surface area contributed by atoms with Crippen molar-refractivity contribution in [2.24, 2.45) is 0 Å². The summed E-state index contributed by atoms with van der Waals surface area (Å²) in [7, 11) is 0. The summed E-state index contributed by atoms with van der Waals surface area (Å²) in [5.41, 5.74) is 1.02. The Morgan fingerprint density at radius 3 is 2.52 bits per heavy atom. The smallest absolute Gasteiger partial charge is 0.193 e. The van der Waals surface area contributed by atoms with E-state index in [-0.39, 0.29) is 29.4 Å². The molecule has 0 amide bonds. The third kappa shape index (κ3) is 3.18. The fourth-order valence-corrected chi connectivity index (χ4v) is 2.29. The number of ketones is 2. The van der Waals surface area contributed by atoms with Crippen molar-refractivity contribution in [1.29, 1.82) is 0 Å². The van der Waals surface area contributed by atoms with E-state index in [1.165, 1.54) is 24.5 Å². The van der Waals surface area contributed by atoms with Crippen molar-refractivity contribution in [3.05, 3.63) is 83.9 Å². The van der Waals surface area contributed by atoms with E-state index < -0.39 is 0 Å². The van der Waals surface area contributed by atoms with Gasteiger partial charge >= 0.3 is 0 Å². The summed E-state index contributed by atoms with van der Waals surface area (Å²) in [6, 6.07) is 13.1. The fourth-order valence-electron chi connectivity index (χ4n) is 2.29. The number of imidazole rings is 1. The van der Waals surface area contributed by atoms with Crippen molar-refractivity contribution >= 4 is 11.6 Å². The molecule has 114 valence electrons. The first kappa shape index (κ1) is 14.7. The summed E-state index contributed by atoms with van der Waals surface area (Å²) in [6.45, 7) is 0.0521. The molecule has 0 aliphatic heterocycles. The maximum atomic E-state index is 12.4. The number of phenolic OH excluding ortho intramolecular Hbond substituents is 1. The van der Waals surface area contributed by atoms with Crippen LogP contribution in [0.3, 0.4) is 0 Å². The number of benzene rings is 2. The molecule has 0 spiro atoms. The number of carbonyl (C=O) groups is 2. The number of aromatic hydroxyl groups is 1. The van der Waals surface area contributed by atoms with Crippen LogP contribution in [0.5, 0.6) is 5.75 Å². The van der Waals surface area contributed by atoms with Gasteiger partial charge in [0.1, 0.15) is 5.75 Å². The van der Waals surface area contributed by atoms with E-state index in [4.69, 9.17) is 0 Å². The molecule has 1 aromatic heterocycles. The van der Waals surface area contributed by atoms with Crippen molar-refractivity contribution in [3.63, 3.8) is 0 Å². The molecule has 0 saturated heterocycles. The third-order valence-electron chi connectivity index (χ3n) is 3.48. The molecule has 5 heteroatoms. The van der Waals surface area contributed by atoms with Gasteiger partial charge in [0.2, 0.25) is 0 Å². The quantitative estimate of drug-likeness (QED) is 0.736. The molecule has 0 fully saturated rings. The van der Waals surface area contributed by atoms with Gasteiger partial charge in [-0.25, -0.2) is 4.98 Å². The van der Waals surface area contributed by atoms with Crippen molar-refractivity contribution in [3.8, 4) is 5.75 Å². The lowest BCUT2D eigenvalue weighted by Gasteiger charge is -2.07. The molecular weight excluding hydrogens is 292 g/mol. The highest BCUT2D eigenvalue weighted by Crippen LogP contribution is 2.21. The average Bonchev–Trinajstić information content (AvgIpc) is 3.08. The molecular formula is C18H14N2O3. The molecule has 0 atom stereocenters. The second kappa shape index (κ2) is 6.27. The molecule has 3 aromatic rings. The Hall–Kier alpha value is -3.21. The van der Waals surface area contributed by atoms with Crippen molar-refractivity contribution < 1.29 is 14.7 Å². The highest BCUT2D eigenvalue weighted by atomic mass is 16.3. The van der Waals surface area contributed by atoms with E-state index in [1.807, 2.05) is 6.07 Å². The largest absolute Gasteiger partial charge is 0.507 e. The summed E-state index contributed by atoms with van der Waals surface area (Å²) >= 11 is 0. The van der Waals surface area contributed by atoms with Crippen molar-refractivity contribution in [2.45, 2.75) is 6.54 Å². The normalized spacial score (nSPS) is 10.4. The number of nitrogens with zero attached hydrogens (tertiary/aromatic N) is 2. The van der Waals surface area contributed by atoms with Crippen LogP contribution in [0.4, 0.5) is 0 Å². The molecule has 1 heterocycles. The fraction of sp³-hybridized carbons (Fsp3) is 0.0556. The van der Waals surface area contributed by atoms with Crippen molar-refractivity contribution in [1.82, 2.24) is 9.55 Å². The van der Waals surface area contributed by atoms with E-state index in [2.05, 4.69) is 4.98 Å². The number of carbonyl (C=O) groups excluding carboxylic acids is 2. The minimum absolute atomic E-state index is 0.0521. The predicted octanol–water partition coefficient (Wildman–Crippen LogP) is 2.70. The van der Waals surface area contributed by atoms with Crippen LogP contribution in [0, 0.1) is 0 Å². The van der Waals surface area contributed by atoms with Gasteiger partial charge in [-0.3, -0.25) is 9.59 Å². The summed E-state index contributed by atoms with van der Waals surface area (Å²) in [5, 5.41) is 9.93. The van der Waals surface area contributed by atoms with Crippen LogP contribution in [-0.4, -0.2) is 26.2 Å². The number of rotatable bonds is 5. The molecule has 3 rings (SSSR count). The predicted molar refractivity (Wildman–Crippen MR) is 84.5 cm³/mol. The summed E-state index contributed by atoms with van der Waals surface area (Å²) < 4.78 is 1.60. The number of Topliss-reactive ketones (excluding diaryl/α,β-unsaturated/α-hetero) is 1. The molecule has 2 aromatic carbocycles. The topological polar surface area (TPSA) is 72.2 Å². The van der Waals surface area contributed by atoms with E-state index in [0.717, 1.165) is 0 Å². The molecule has 0 unspecified atom stereocenters.